The SMILES string of the molecule is CC(=O)OCCc1ccc(S(=O)(=O)O)c2ccccc12.[KH]. The number of carbonyl (C=O) groups is 1. The van der Waals surface area contributed by atoms with E-state index in [4.69, 9.17) is 4.74 Å². The van der Waals surface area contributed by atoms with Crippen molar-refractivity contribution < 1.29 is 22.5 Å². The third kappa shape index (κ3) is 4.85. The van der Waals surface area contributed by atoms with Crippen LogP contribution in [0.25, 0.3) is 10.8 Å². The van der Waals surface area contributed by atoms with Crippen LogP contribution in [0.15, 0.2) is 41.3 Å². The number of ether oxygens (including phenoxy) is 1. The zero-order valence-corrected chi connectivity index (χ0v) is 11.7. The quantitative estimate of drug-likeness (QED) is 0.521. The van der Waals surface area contributed by atoms with E-state index in [0.717, 1.165) is 10.9 Å². The molecule has 0 unspecified atom stereocenters. The number of benzene rings is 2. The van der Waals surface area contributed by atoms with Crippen molar-refractivity contribution in [3.8, 4) is 0 Å². The minimum absolute atomic E-state index is 0. The van der Waals surface area contributed by atoms with E-state index < -0.39 is 10.1 Å². The van der Waals surface area contributed by atoms with Crippen LogP contribution in [0.5, 0.6) is 0 Å². The summed E-state index contributed by atoms with van der Waals surface area (Å²) < 4.78 is 36.8. The molecule has 0 radical (unpaired) electrons. The van der Waals surface area contributed by atoms with Gasteiger partial charge in [0.05, 0.1) is 6.61 Å². The van der Waals surface area contributed by atoms with Gasteiger partial charge in [-0.15, -0.1) is 0 Å². The molecule has 0 aliphatic heterocycles. The second kappa shape index (κ2) is 7.82. The maximum atomic E-state index is 11.3. The first-order valence-corrected chi connectivity index (χ1v) is 7.45. The number of carbonyl (C=O) groups excluding carboxylic acids is 1. The van der Waals surface area contributed by atoms with Gasteiger partial charge >= 0.3 is 57.4 Å². The molecule has 7 heteroatoms. The first kappa shape index (κ1) is 18.8. The molecule has 2 aromatic carbocycles. The second-order valence-corrected chi connectivity index (χ2v) is 5.72. The van der Waals surface area contributed by atoms with Gasteiger partial charge in [-0.3, -0.25) is 9.35 Å². The van der Waals surface area contributed by atoms with Gasteiger partial charge < -0.3 is 4.74 Å². The van der Waals surface area contributed by atoms with Crippen LogP contribution in [0.1, 0.15) is 12.5 Å². The maximum absolute atomic E-state index is 11.3. The zero-order chi connectivity index (χ0) is 14.8. The van der Waals surface area contributed by atoms with Gasteiger partial charge in [0.15, 0.2) is 0 Å². The molecular weight excluding hydrogens is 319 g/mol. The summed E-state index contributed by atoms with van der Waals surface area (Å²) in [4.78, 5) is 10.6. The Morgan fingerprint density at radius 2 is 1.76 bits per heavy atom. The van der Waals surface area contributed by atoms with E-state index in [2.05, 4.69) is 0 Å². The van der Waals surface area contributed by atoms with Crippen LogP contribution in [0.3, 0.4) is 0 Å². The van der Waals surface area contributed by atoms with Crippen molar-refractivity contribution in [2.75, 3.05) is 6.61 Å². The van der Waals surface area contributed by atoms with Crippen molar-refractivity contribution in [2.45, 2.75) is 18.2 Å². The Hall–Kier alpha value is -0.284. The Labute approximate surface area is 165 Å². The van der Waals surface area contributed by atoms with Gasteiger partial charge in [0, 0.05) is 18.7 Å². The van der Waals surface area contributed by atoms with E-state index in [1.807, 2.05) is 0 Å². The number of esters is 1. The fourth-order valence-corrected chi connectivity index (χ4v) is 2.78. The van der Waals surface area contributed by atoms with Crippen LogP contribution >= 0.6 is 0 Å². The van der Waals surface area contributed by atoms with Crippen LogP contribution in [0, 0.1) is 0 Å². The predicted octanol–water partition coefficient (Wildman–Crippen LogP) is 1.54. The molecule has 1 N–H and O–H groups in total. The van der Waals surface area contributed by atoms with Crippen LogP contribution in [-0.4, -0.2) is 76.9 Å². The Kier molecular flexibility index (Phi) is 6.99. The number of hydrogen-bond acceptors (Lipinski definition) is 4. The van der Waals surface area contributed by atoms with E-state index >= 15 is 0 Å². The Morgan fingerprint density at radius 3 is 2.33 bits per heavy atom. The molecule has 0 aliphatic rings. The van der Waals surface area contributed by atoms with Gasteiger partial charge in [0.25, 0.3) is 10.1 Å². The summed E-state index contributed by atoms with van der Waals surface area (Å²) in [5.41, 5.74) is 0.856. The predicted molar refractivity (Wildman–Crippen MR) is 81.2 cm³/mol. The van der Waals surface area contributed by atoms with Crippen molar-refractivity contribution in [1.29, 1.82) is 0 Å². The Morgan fingerprint density at radius 1 is 1.14 bits per heavy atom. The van der Waals surface area contributed by atoms with Crippen LogP contribution in [0.4, 0.5) is 0 Å². The summed E-state index contributed by atoms with van der Waals surface area (Å²) in [6.07, 6.45) is 0.478. The molecule has 2 rings (SSSR count). The van der Waals surface area contributed by atoms with E-state index in [9.17, 15) is 17.8 Å². The molecule has 0 amide bonds. The standard InChI is InChI=1S/C14H14O5S.K.H/c1-10(15)19-9-8-11-6-7-14(20(16,17)18)13-5-3-2-4-12(11)13;;/h2-7H,8-9H2,1H3,(H,16,17,18);;. The van der Waals surface area contributed by atoms with E-state index in [1.54, 1.807) is 30.3 Å². The molecule has 0 fully saturated rings. The normalized spacial score (nSPS) is 11.0. The summed E-state index contributed by atoms with van der Waals surface area (Å²) >= 11 is 0. The van der Waals surface area contributed by atoms with Crippen molar-refractivity contribution in [3.63, 3.8) is 0 Å². The third-order valence-electron chi connectivity index (χ3n) is 2.93. The molecular formula is C14H15KO5S. The average molecular weight is 334 g/mol. The van der Waals surface area contributed by atoms with Gasteiger partial charge in [-0.1, -0.05) is 30.3 Å². The van der Waals surface area contributed by atoms with E-state index in [-0.39, 0.29) is 68.9 Å². The summed E-state index contributed by atoms with van der Waals surface area (Å²) in [6, 6.07) is 9.87. The second-order valence-electron chi connectivity index (χ2n) is 4.33. The molecule has 0 atom stereocenters. The number of rotatable bonds is 4. The van der Waals surface area contributed by atoms with Gasteiger partial charge in [-0.25, -0.2) is 0 Å². The first-order valence-electron chi connectivity index (χ1n) is 6.01. The van der Waals surface area contributed by atoms with Crippen molar-refractivity contribution in [2.24, 2.45) is 0 Å². The average Bonchev–Trinajstić information content (AvgIpc) is 2.37. The van der Waals surface area contributed by atoms with Crippen molar-refractivity contribution in [1.82, 2.24) is 0 Å². The molecule has 21 heavy (non-hydrogen) atoms. The van der Waals surface area contributed by atoms with E-state index in [0.29, 0.717) is 11.8 Å². The molecule has 0 aliphatic carbocycles. The molecule has 0 heterocycles. The fraction of sp³-hybridized carbons (Fsp3) is 0.214. The minimum atomic E-state index is -4.27. The summed E-state index contributed by atoms with van der Waals surface area (Å²) in [5, 5.41) is 1.17. The summed E-state index contributed by atoms with van der Waals surface area (Å²) in [7, 11) is -4.27. The molecule has 0 spiro atoms. The molecule has 0 aromatic heterocycles. The summed E-state index contributed by atoms with van der Waals surface area (Å²) in [5.74, 6) is -0.358. The number of fused-ring (bicyclic) bond motifs is 1. The van der Waals surface area contributed by atoms with Crippen molar-refractivity contribution in [3.05, 3.63) is 42.0 Å². The molecule has 5 nitrogen and oxygen atoms in total. The third-order valence-corrected chi connectivity index (χ3v) is 3.84. The van der Waals surface area contributed by atoms with Crippen LogP contribution in [0.2, 0.25) is 0 Å². The van der Waals surface area contributed by atoms with E-state index in [1.165, 1.54) is 13.0 Å². The molecule has 0 bridgehead atoms. The molecule has 2 aromatic rings. The van der Waals surface area contributed by atoms with Gasteiger partial charge in [0.2, 0.25) is 0 Å². The first-order chi connectivity index (χ1) is 9.39. The fourth-order valence-electron chi connectivity index (χ4n) is 2.08. The van der Waals surface area contributed by atoms with Crippen molar-refractivity contribution >= 4 is 78.2 Å². The van der Waals surface area contributed by atoms with Gasteiger partial charge in [-0.05, 0) is 17.0 Å². The number of hydrogen-bond donors (Lipinski definition) is 1. The van der Waals surface area contributed by atoms with Crippen LogP contribution < -0.4 is 0 Å². The Bertz CT molecular complexity index is 755. The molecule has 0 saturated heterocycles. The Balaban J connectivity index is 0.00000220. The zero-order valence-electron chi connectivity index (χ0n) is 10.9. The molecule has 0 saturated carbocycles. The summed E-state index contributed by atoms with van der Waals surface area (Å²) in [6.45, 7) is 1.56. The van der Waals surface area contributed by atoms with Gasteiger partial charge in [0.1, 0.15) is 4.90 Å². The van der Waals surface area contributed by atoms with Gasteiger partial charge in [-0.2, -0.15) is 8.42 Å². The molecule has 108 valence electrons. The van der Waals surface area contributed by atoms with Crippen LogP contribution in [-0.2, 0) is 26.1 Å². The monoisotopic (exact) mass is 334 g/mol. The topological polar surface area (TPSA) is 80.7 Å².